The molecule has 25 heavy (non-hydrogen) atoms. The maximum Gasteiger partial charge on any atom is 0.257 e. The van der Waals surface area contributed by atoms with Gasteiger partial charge >= 0.3 is 0 Å². The lowest BCUT2D eigenvalue weighted by atomic mass is 10.1. The highest BCUT2D eigenvalue weighted by Crippen LogP contribution is 2.16. The quantitative estimate of drug-likeness (QED) is 0.780. The summed E-state index contributed by atoms with van der Waals surface area (Å²) < 4.78 is 7.60. The Morgan fingerprint density at radius 1 is 1.24 bits per heavy atom. The van der Waals surface area contributed by atoms with Crippen molar-refractivity contribution in [2.45, 2.75) is 31.9 Å². The van der Waals surface area contributed by atoms with E-state index in [0.29, 0.717) is 25.3 Å². The van der Waals surface area contributed by atoms with Crippen molar-refractivity contribution in [3.05, 3.63) is 53.9 Å². The third-order valence-corrected chi connectivity index (χ3v) is 4.50. The predicted octanol–water partition coefficient (Wildman–Crippen LogP) is 1.90. The number of carbonyl (C=O) groups is 1. The van der Waals surface area contributed by atoms with Gasteiger partial charge in [0.1, 0.15) is 0 Å². The maximum atomic E-state index is 12.6. The van der Waals surface area contributed by atoms with Crippen molar-refractivity contribution in [3.63, 3.8) is 0 Å². The van der Waals surface area contributed by atoms with Gasteiger partial charge in [0.05, 0.1) is 24.4 Å². The number of rotatable bonds is 7. The second-order valence-corrected chi connectivity index (χ2v) is 6.42. The van der Waals surface area contributed by atoms with Crippen LogP contribution < -0.4 is 5.73 Å². The first kappa shape index (κ1) is 17.6. The van der Waals surface area contributed by atoms with E-state index < -0.39 is 0 Å². The zero-order valence-corrected chi connectivity index (χ0v) is 14.5. The largest absolute Gasteiger partial charge is 0.378 e. The molecule has 1 aromatic heterocycles. The van der Waals surface area contributed by atoms with Gasteiger partial charge in [0, 0.05) is 25.9 Å². The minimum absolute atomic E-state index is 0.0553. The molecule has 1 fully saturated rings. The summed E-state index contributed by atoms with van der Waals surface area (Å²) in [7, 11) is 0. The fourth-order valence-electron chi connectivity index (χ4n) is 3.07. The van der Waals surface area contributed by atoms with Gasteiger partial charge in [0.25, 0.3) is 5.91 Å². The number of piperidine rings is 1. The summed E-state index contributed by atoms with van der Waals surface area (Å²) in [6.07, 6.45) is 6.40. The maximum absolute atomic E-state index is 12.6. The smallest absolute Gasteiger partial charge is 0.257 e. The van der Waals surface area contributed by atoms with Crippen LogP contribution in [-0.2, 0) is 11.3 Å². The van der Waals surface area contributed by atoms with E-state index in [4.69, 9.17) is 10.5 Å². The van der Waals surface area contributed by atoms with Crippen molar-refractivity contribution >= 4 is 5.91 Å². The summed E-state index contributed by atoms with van der Waals surface area (Å²) in [5.74, 6) is 0.0553. The lowest BCUT2D eigenvalue weighted by Crippen LogP contribution is -2.41. The number of amides is 1. The molecule has 2 aromatic rings. The first-order valence-corrected chi connectivity index (χ1v) is 8.93. The van der Waals surface area contributed by atoms with Crippen LogP contribution in [0.25, 0.3) is 0 Å². The monoisotopic (exact) mass is 342 g/mol. The molecule has 1 aliphatic heterocycles. The molecule has 0 atom stereocenters. The van der Waals surface area contributed by atoms with E-state index in [1.165, 1.54) is 5.56 Å². The van der Waals surface area contributed by atoms with Gasteiger partial charge in [0.2, 0.25) is 0 Å². The predicted molar refractivity (Wildman–Crippen MR) is 96.3 cm³/mol. The molecule has 134 valence electrons. The number of carbonyl (C=O) groups excluding carboxylic acids is 1. The van der Waals surface area contributed by atoms with Gasteiger partial charge < -0.3 is 15.4 Å². The summed E-state index contributed by atoms with van der Waals surface area (Å²) in [4.78, 5) is 14.5. The van der Waals surface area contributed by atoms with Gasteiger partial charge in [-0.3, -0.25) is 9.48 Å². The molecule has 1 aromatic carbocycles. The third-order valence-electron chi connectivity index (χ3n) is 4.50. The van der Waals surface area contributed by atoms with E-state index in [-0.39, 0.29) is 12.0 Å². The van der Waals surface area contributed by atoms with Crippen LogP contribution in [0.15, 0.2) is 42.7 Å². The molecule has 2 heterocycles. The van der Waals surface area contributed by atoms with Crippen molar-refractivity contribution in [2.24, 2.45) is 5.73 Å². The van der Waals surface area contributed by atoms with E-state index in [9.17, 15) is 4.79 Å². The number of nitrogens with zero attached hydrogens (tertiary/aromatic N) is 3. The van der Waals surface area contributed by atoms with E-state index in [1.807, 2.05) is 34.0 Å². The summed E-state index contributed by atoms with van der Waals surface area (Å²) >= 11 is 0. The molecule has 0 radical (unpaired) electrons. The Kier molecular flexibility index (Phi) is 6.19. The first-order chi connectivity index (χ1) is 12.3. The number of aromatic nitrogens is 2. The molecule has 6 heteroatoms. The fraction of sp³-hybridized carbons (Fsp3) is 0.474. The van der Waals surface area contributed by atoms with E-state index >= 15 is 0 Å². The standard InChI is InChI=1S/C19H26N4O2/c20-9-4-12-25-18-7-10-22(11-8-18)19(24)17-13-21-23(15-17)14-16-5-2-1-3-6-16/h1-3,5-6,13,15,18H,4,7-12,14,20H2. The molecule has 0 saturated carbocycles. The summed E-state index contributed by atoms with van der Waals surface area (Å²) in [6, 6.07) is 10.1. The van der Waals surface area contributed by atoms with Crippen LogP contribution in [0, 0.1) is 0 Å². The zero-order chi connectivity index (χ0) is 17.5. The number of hydrogen-bond acceptors (Lipinski definition) is 4. The van der Waals surface area contributed by atoms with Crippen molar-refractivity contribution < 1.29 is 9.53 Å². The highest BCUT2D eigenvalue weighted by Gasteiger charge is 2.24. The highest BCUT2D eigenvalue weighted by molar-refractivity contribution is 5.93. The van der Waals surface area contributed by atoms with Crippen molar-refractivity contribution in [1.29, 1.82) is 0 Å². The Balaban J connectivity index is 1.50. The average Bonchev–Trinajstić information content (AvgIpc) is 3.11. The summed E-state index contributed by atoms with van der Waals surface area (Å²) in [5, 5.41) is 4.32. The average molecular weight is 342 g/mol. The lowest BCUT2D eigenvalue weighted by molar-refractivity contribution is 0.00844. The van der Waals surface area contributed by atoms with E-state index in [2.05, 4.69) is 17.2 Å². The van der Waals surface area contributed by atoms with Crippen LogP contribution in [-0.4, -0.2) is 52.9 Å². The van der Waals surface area contributed by atoms with E-state index in [0.717, 1.165) is 32.4 Å². The number of nitrogens with two attached hydrogens (primary N) is 1. The second-order valence-electron chi connectivity index (χ2n) is 6.42. The minimum Gasteiger partial charge on any atom is -0.378 e. The third kappa shape index (κ3) is 4.90. The van der Waals surface area contributed by atoms with Crippen molar-refractivity contribution in [1.82, 2.24) is 14.7 Å². The SMILES string of the molecule is NCCCOC1CCN(C(=O)c2cnn(Cc3ccccc3)c2)CC1. The Morgan fingerprint density at radius 2 is 2.00 bits per heavy atom. The van der Waals surface area contributed by atoms with Gasteiger partial charge in [0.15, 0.2) is 0 Å². The van der Waals surface area contributed by atoms with Crippen molar-refractivity contribution in [2.75, 3.05) is 26.2 Å². The van der Waals surface area contributed by atoms with Crippen LogP contribution in [0.1, 0.15) is 35.2 Å². The van der Waals surface area contributed by atoms with Crippen molar-refractivity contribution in [3.8, 4) is 0 Å². The molecule has 1 amide bonds. The van der Waals surface area contributed by atoms with Crippen LogP contribution >= 0.6 is 0 Å². The van der Waals surface area contributed by atoms with Gasteiger partial charge in [-0.25, -0.2) is 0 Å². The van der Waals surface area contributed by atoms with Gasteiger partial charge in [-0.2, -0.15) is 5.10 Å². The normalized spacial score (nSPS) is 15.5. The van der Waals surface area contributed by atoms with E-state index in [1.54, 1.807) is 6.20 Å². The Morgan fingerprint density at radius 3 is 2.72 bits per heavy atom. The van der Waals surface area contributed by atoms with Crippen LogP contribution in [0.2, 0.25) is 0 Å². The molecule has 1 saturated heterocycles. The zero-order valence-electron chi connectivity index (χ0n) is 14.5. The molecular formula is C19H26N4O2. The summed E-state index contributed by atoms with van der Waals surface area (Å²) in [5.41, 5.74) is 7.30. The van der Waals surface area contributed by atoms with Crippen LogP contribution in [0.5, 0.6) is 0 Å². The minimum atomic E-state index is 0.0553. The molecule has 6 nitrogen and oxygen atoms in total. The number of benzene rings is 1. The molecule has 2 N–H and O–H groups in total. The lowest BCUT2D eigenvalue weighted by Gasteiger charge is -2.31. The second kappa shape index (κ2) is 8.78. The molecule has 3 rings (SSSR count). The molecule has 0 bridgehead atoms. The molecule has 0 spiro atoms. The molecule has 1 aliphatic rings. The highest BCUT2D eigenvalue weighted by atomic mass is 16.5. The fourth-order valence-corrected chi connectivity index (χ4v) is 3.07. The van der Waals surface area contributed by atoms with Gasteiger partial charge in [-0.15, -0.1) is 0 Å². The molecule has 0 unspecified atom stereocenters. The number of ether oxygens (including phenoxy) is 1. The number of hydrogen-bond donors (Lipinski definition) is 1. The Labute approximate surface area is 148 Å². The number of likely N-dealkylation sites (tertiary alicyclic amines) is 1. The topological polar surface area (TPSA) is 73.4 Å². The molecular weight excluding hydrogens is 316 g/mol. The summed E-state index contributed by atoms with van der Waals surface area (Å²) in [6.45, 7) is 3.50. The Bertz CT molecular complexity index is 663. The first-order valence-electron chi connectivity index (χ1n) is 8.93. The Hall–Kier alpha value is -2.18. The van der Waals surface area contributed by atoms with Gasteiger partial charge in [-0.05, 0) is 31.4 Å². The molecule has 0 aliphatic carbocycles. The van der Waals surface area contributed by atoms with Crippen LogP contribution in [0.3, 0.4) is 0 Å². The van der Waals surface area contributed by atoms with Gasteiger partial charge in [-0.1, -0.05) is 30.3 Å². The van der Waals surface area contributed by atoms with Crippen LogP contribution in [0.4, 0.5) is 0 Å².